The minimum atomic E-state index is -0.679. The first kappa shape index (κ1) is 31.0. The Morgan fingerprint density at radius 2 is 1.80 bits per heavy atom. The van der Waals surface area contributed by atoms with Gasteiger partial charge in [0.2, 0.25) is 17.7 Å². The number of benzene rings is 2. The van der Waals surface area contributed by atoms with Crippen molar-refractivity contribution in [2.75, 3.05) is 26.3 Å². The van der Waals surface area contributed by atoms with Crippen LogP contribution in [0, 0.1) is 11.3 Å². The van der Waals surface area contributed by atoms with E-state index in [1.165, 1.54) is 0 Å². The van der Waals surface area contributed by atoms with Crippen LogP contribution in [0.2, 0.25) is 0 Å². The normalized spacial score (nSPS) is 24.6. The molecular weight excluding hydrogens is 566 g/mol. The van der Waals surface area contributed by atoms with E-state index < -0.39 is 11.5 Å². The fourth-order valence-corrected chi connectivity index (χ4v) is 7.25. The van der Waals surface area contributed by atoms with E-state index >= 15 is 0 Å². The van der Waals surface area contributed by atoms with Crippen LogP contribution >= 0.6 is 0 Å². The minimum Gasteiger partial charge on any atom is -0.381 e. The zero-order valence-corrected chi connectivity index (χ0v) is 26.2. The Morgan fingerprint density at radius 3 is 2.60 bits per heavy atom. The molecule has 3 aromatic rings. The molecule has 6 rings (SSSR count). The van der Waals surface area contributed by atoms with Gasteiger partial charge in [0.05, 0.1) is 16.4 Å². The number of amides is 3. The molecule has 4 heterocycles. The van der Waals surface area contributed by atoms with E-state index in [-0.39, 0.29) is 29.7 Å². The molecular formula is C36H45N5O4. The van der Waals surface area contributed by atoms with Crippen molar-refractivity contribution in [2.45, 2.75) is 76.9 Å². The lowest BCUT2D eigenvalue weighted by atomic mass is 9.75. The number of hydrogen-bond acceptors (Lipinski definition) is 5. The van der Waals surface area contributed by atoms with Crippen molar-refractivity contribution in [3.63, 3.8) is 0 Å². The Morgan fingerprint density at radius 1 is 1.02 bits per heavy atom. The molecule has 2 saturated heterocycles. The van der Waals surface area contributed by atoms with Crippen LogP contribution in [0.3, 0.4) is 0 Å². The van der Waals surface area contributed by atoms with Gasteiger partial charge in [0.1, 0.15) is 11.9 Å². The maximum atomic E-state index is 13.9. The first-order chi connectivity index (χ1) is 22.0. The second-order valence-corrected chi connectivity index (χ2v) is 12.8. The highest BCUT2D eigenvalue weighted by Gasteiger charge is 2.41. The molecule has 0 bridgehead atoms. The zero-order chi connectivity index (χ0) is 31.2. The van der Waals surface area contributed by atoms with Gasteiger partial charge in [-0.2, -0.15) is 0 Å². The standard InChI is InChI=1S/C36H45N5O4/c1-2-41-31-14-7-6-13-29(31)37-32(41)15-16-33(42)40-21-17-28-27(25-40)12-8-9-18-36(19-22-45-23-20-36)35(44)39-30(34(43)38-28)24-26-10-4-3-5-11-26/h3-11,13-14,27-28,30H,2,12,15-25H2,1H3,(H,38,43)(H,39,44)/b9-8+/t27-,28+,30-/m1/s1. The molecule has 9 nitrogen and oxygen atoms in total. The van der Waals surface area contributed by atoms with Crippen molar-refractivity contribution in [1.82, 2.24) is 25.1 Å². The predicted molar refractivity (Wildman–Crippen MR) is 173 cm³/mol. The van der Waals surface area contributed by atoms with E-state index in [4.69, 9.17) is 9.72 Å². The molecule has 3 amide bonds. The number of nitrogens with zero attached hydrogens (tertiary/aromatic N) is 3. The maximum absolute atomic E-state index is 13.9. The summed E-state index contributed by atoms with van der Waals surface area (Å²) < 4.78 is 7.81. The van der Waals surface area contributed by atoms with Crippen LogP contribution in [0.15, 0.2) is 66.7 Å². The number of carbonyl (C=O) groups is 3. The summed E-state index contributed by atoms with van der Waals surface area (Å²) in [4.78, 5) is 47.9. The average Bonchev–Trinajstić information content (AvgIpc) is 3.43. The number of allylic oxidation sites excluding steroid dienone is 2. The van der Waals surface area contributed by atoms with Gasteiger partial charge in [0.25, 0.3) is 0 Å². The van der Waals surface area contributed by atoms with Gasteiger partial charge in [-0.05, 0) is 56.7 Å². The molecule has 3 aliphatic rings. The fraction of sp³-hybridized carbons (Fsp3) is 0.500. The van der Waals surface area contributed by atoms with Crippen LogP contribution in [0.25, 0.3) is 11.0 Å². The first-order valence-corrected chi connectivity index (χ1v) is 16.6. The van der Waals surface area contributed by atoms with E-state index in [1.54, 1.807) is 0 Å². The van der Waals surface area contributed by atoms with E-state index in [0.29, 0.717) is 71.2 Å². The molecule has 3 atom stereocenters. The lowest BCUT2D eigenvalue weighted by molar-refractivity contribution is -0.140. The van der Waals surface area contributed by atoms with Gasteiger partial charge in [-0.15, -0.1) is 0 Å². The summed E-state index contributed by atoms with van der Waals surface area (Å²) in [5.41, 5.74) is 2.47. The Hall–Kier alpha value is -3.98. The Bertz CT molecular complexity index is 1530. The summed E-state index contributed by atoms with van der Waals surface area (Å²) >= 11 is 0. The average molecular weight is 612 g/mol. The summed E-state index contributed by atoms with van der Waals surface area (Å²) in [6, 6.07) is 17.2. The zero-order valence-electron chi connectivity index (χ0n) is 26.2. The number of para-hydroxylation sites is 2. The number of piperidine rings is 1. The van der Waals surface area contributed by atoms with Crippen molar-refractivity contribution in [1.29, 1.82) is 0 Å². The monoisotopic (exact) mass is 611 g/mol. The molecule has 0 unspecified atom stereocenters. The second-order valence-electron chi connectivity index (χ2n) is 12.8. The number of fused-ring (bicyclic) bond motifs is 2. The number of aromatic nitrogens is 2. The first-order valence-electron chi connectivity index (χ1n) is 16.6. The molecule has 3 aliphatic heterocycles. The molecule has 2 aromatic carbocycles. The van der Waals surface area contributed by atoms with Crippen molar-refractivity contribution in [3.8, 4) is 0 Å². The smallest absolute Gasteiger partial charge is 0.243 e. The summed E-state index contributed by atoms with van der Waals surface area (Å²) in [5.74, 6) is 0.922. The van der Waals surface area contributed by atoms with E-state index in [2.05, 4.69) is 40.3 Å². The molecule has 238 valence electrons. The van der Waals surface area contributed by atoms with Crippen molar-refractivity contribution < 1.29 is 19.1 Å². The molecule has 45 heavy (non-hydrogen) atoms. The molecule has 0 aliphatic carbocycles. The summed E-state index contributed by atoms with van der Waals surface area (Å²) in [6.45, 7) is 5.17. The van der Waals surface area contributed by atoms with Crippen LogP contribution in [-0.4, -0.2) is 70.6 Å². The van der Waals surface area contributed by atoms with Crippen molar-refractivity contribution in [3.05, 3.63) is 78.1 Å². The molecule has 0 saturated carbocycles. The van der Waals surface area contributed by atoms with Crippen LogP contribution < -0.4 is 10.6 Å². The highest BCUT2D eigenvalue weighted by molar-refractivity contribution is 5.90. The Kier molecular flexibility index (Phi) is 9.64. The number of imidazole rings is 1. The van der Waals surface area contributed by atoms with Gasteiger partial charge < -0.3 is 24.8 Å². The van der Waals surface area contributed by atoms with Gasteiger partial charge in [-0.1, -0.05) is 54.6 Å². The lowest BCUT2D eigenvalue weighted by Gasteiger charge is -2.40. The van der Waals surface area contributed by atoms with Gasteiger partial charge >= 0.3 is 0 Å². The number of likely N-dealkylation sites (tertiary alicyclic amines) is 1. The summed E-state index contributed by atoms with van der Waals surface area (Å²) in [6.07, 6.45) is 8.98. The van der Waals surface area contributed by atoms with E-state index in [1.807, 2.05) is 53.4 Å². The number of hydrogen-bond donors (Lipinski definition) is 2. The molecule has 9 heteroatoms. The third kappa shape index (κ3) is 6.98. The molecule has 2 fully saturated rings. The second kappa shape index (κ2) is 14.0. The number of rotatable bonds is 6. The van der Waals surface area contributed by atoms with Gasteiger partial charge in [-0.3, -0.25) is 14.4 Å². The predicted octanol–water partition coefficient (Wildman–Crippen LogP) is 4.20. The molecule has 0 radical (unpaired) electrons. The van der Waals surface area contributed by atoms with Crippen LogP contribution in [0.5, 0.6) is 0 Å². The summed E-state index contributed by atoms with van der Waals surface area (Å²) in [7, 11) is 0. The van der Waals surface area contributed by atoms with Gasteiger partial charge in [0, 0.05) is 64.1 Å². The highest BCUT2D eigenvalue weighted by Crippen LogP contribution is 2.36. The molecule has 2 N–H and O–H groups in total. The number of carbonyl (C=O) groups excluding carboxylic acids is 3. The number of nitrogens with one attached hydrogen (secondary N) is 2. The molecule has 1 aromatic heterocycles. The molecule has 1 spiro atoms. The van der Waals surface area contributed by atoms with Crippen molar-refractivity contribution >= 4 is 28.8 Å². The maximum Gasteiger partial charge on any atom is 0.243 e. The van der Waals surface area contributed by atoms with Gasteiger partial charge in [0.15, 0.2) is 0 Å². The largest absolute Gasteiger partial charge is 0.381 e. The Balaban J connectivity index is 1.17. The summed E-state index contributed by atoms with van der Waals surface area (Å²) in [5, 5.41) is 6.46. The number of ether oxygens (including phenoxy) is 1. The SMILES string of the molecule is CCn1c(CCC(=O)N2CC[C@@H]3NC(=O)[C@@H](Cc4ccccc4)NC(=O)C4(C/C=C/C[C@@H]3C2)CCOCC4)nc2ccccc21. The third-order valence-electron chi connectivity index (χ3n) is 9.98. The van der Waals surface area contributed by atoms with Crippen LogP contribution in [0.1, 0.15) is 56.8 Å². The van der Waals surface area contributed by atoms with E-state index in [9.17, 15) is 14.4 Å². The van der Waals surface area contributed by atoms with Crippen LogP contribution in [0.4, 0.5) is 0 Å². The Labute approximate surface area is 265 Å². The third-order valence-corrected chi connectivity index (χ3v) is 9.98. The quantitative estimate of drug-likeness (QED) is 0.407. The lowest BCUT2D eigenvalue weighted by Crippen LogP contribution is -2.58. The fourth-order valence-electron chi connectivity index (χ4n) is 7.25. The van der Waals surface area contributed by atoms with E-state index in [0.717, 1.165) is 35.4 Å². The van der Waals surface area contributed by atoms with Gasteiger partial charge in [-0.25, -0.2) is 4.98 Å². The van der Waals surface area contributed by atoms with Crippen molar-refractivity contribution in [2.24, 2.45) is 11.3 Å². The topological polar surface area (TPSA) is 106 Å². The highest BCUT2D eigenvalue weighted by atomic mass is 16.5. The van der Waals surface area contributed by atoms with Crippen LogP contribution in [-0.2, 0) is 38.5 Å². The minimum absolute atomic E-state index is 0.0688. The number of aryl methyl sites for hydroxylation is 2.